The number of ether oxygens (including phenoxy) is 1. The fourth-order valence-corrected chi connectivity index (χ4v) is 1.05. The maximum atomic E-state index is 4.92. The van der Waals surface area contributed by atoms with Crippen molar-refractivity contribution in [2.75, 3.05) is 7.11 Å². The van der Waals surface area contributed by atoms with Crippen molar-refractivity contribution in [3.05, 3.63) is 15.8 Å². The maximum absolute atomic E-state index is 4.92. The molecule has 1 aromatic rings. The SMILES string of the molecule is COc1[nH]ccc1I. The molecule has 0 saturated heterocycles. The average Bonchev–Trinajstić information content (AvgIpc) is 2.14. The van der Waals surface area contributed by atoms with Crippen LogP contribution in [-0.4, -0.2) is 12.1 Å². The van der Waals surface area contributed by atoms with Gasteiger partial charge in [-0.05, 0) is 28.7 Å². The van der Waals surface area contributed by atoms with Gasteiger partial charge in [-0.25, -0.2) is 0 Å². The van der Waals surface area contributed by atoms with Gasteiger partial charge in [-0.3, -0.25) is 0 Å². The molecule has 0 radical (unpaired) electrons. The van der Waals surface area contributed by atoms with Gasteiger partial charge >= 0.3 is 0 Å². The van der Waals surface area contributed by atoms with Crippen molar-refractivity contribution < 1.29 is 4.74 Å². The molecule has 0 amide bonds. The molecule has 0 atom stereocenters. The summed E-state index contributed by atoms with van der Waals surface area (Å²) in [4.78, 5) is 2.93. The lowest BCUT2D eigenvalue weighted by atomic mass is 10.6. The Balaban J connectivity index is 2.92. The molecule has 0 unspecified atom stereocenters. The fourth-order valence-electron chi connectivity index (χ4n) is 0.492. The number of hydrogen-bond acceptors (Lipinski definition) is 1. The van der Waals surface area contributed by atoms with Gasteiger partial charge in [-0.15, -0.1) is 0 Å². The van der Waals surface area contributed by atoms with Crippen LogP contribution in [0.3, 0.4) is 0 Å². The van der Waals surface area contributed by atoms with E-state index in [1.807, 2.05) is 12.3 Å². The largest absolute Gasteiger partial charge is 0.482 e. The molecular weight excluding hydrogens is 217 g/mol. The van der Waals surface area contributed by atoms with Crippen molar-refractivity contribution >= 4 is 22.6 Å². The molecule has 0 spiro atoms. The highest BCUT2D eigenvalue weighted by atomic mass is 127. The minimum atomic E-state index is 0.839. The summed E-state index contributed by atoms with van der Waals surface area (Å²) >= 11 is 2.20. The van der Waals surface area contributed by atoms with E-state index in [4.69, 9.17) is 4.74 Å². The summed E-state index contributed by atoms with van der Waals surface area (Å²) in [6.07, 6.45) is 1.85. The van der Waals surface area contributed by atoms with Gasteiger partial charge < -0.3 is 9.72 Å². The third-order valence-corrected chi connectivity index (χ3v) is 1.71. The molecular formula is C5H6INO. The molecule has 0 fully saturated rings. The molecule has 2 nitrogen and oxygen atoms in total. The van der Waals surface area contributed by atoms with Gasteiger partial charge in [0.2, 0.25) is 5.88 Å². The van der Waals surface area contributed by atoms with E-state index in [1.54, 1.807) is 7.11 Å². The molecule has 0 aliphatic carbocycles. The van der Waals surface area contributed by atoms with Crippen molar-refractivity contribution in [1.82, 2.24) is 4.98 Å². The molecule has 0 saturated carbocycles. The number of methoxy groups -OCH3 is 1. The summed E-state index contributed by atoms with van der Waals surface area (Å²) in [7, 11) is 1.65. The van der Waals surface area contributed by atoms with Crippen LogP contribution in [0.15, 0.2) is 12.3 Å². The van der Waals surface area contributed by atoms with Crippen LogP contribution in [0.5, 0.6) is 5.88 Å². The summed E-state index contributed by atoms with van der Waals surface area (Å²) < 4.78 is 6.04. The van der Waals surface area contributed by atoms with Crippen LogP contribution in [0, 0.1) is 3.57 Å². The third kappa shape index (κ3) is 0.964. The van der Waals surface area contributed by atoms with E-state index >= 15 is 0 Å². The Kier molecular flexibility index (Phi) is 1.77. The van der Waals surface area contributed by atoms with Crippen LogP contribution in [0.2, 0.25) is 0 Å². The van der Waals surface area contributed by atoms with Gasteiger partial charge in [0, 0.05) is 6.20 Å². The number of rotatable bonds is 1. The second kappa shape index (κ2) is 2.39. The Morgan fingerprint density at radius 2 is 2.50 bits per heavy atom. The first kappa shape index (κ1) is 5.94. The van der Waals surface area contributed by atoms with Crippen molar-refractivity contribution in [2.45, 2.75) is 0 Å². The van der Waals surface area contributed by atoms with Crippen molar-refractivity contribution in [2.24, 2.45) is 0 Å². The normalized spacial score (nSPS) is 9.25. The first-order valence-corrected chi connectivity index (χ1v) is 3.29. The topological polar surface area (TPSA) is 25.0 Å². The van der Waals surface area contributed by atoms with Gasteiger partial charge in [0.15, 0.2) is 0 Å². The molecule has 3 heteroatoms. The molecule has 0 bridgehead atoms. The van der Waals surface area contributed by atoms with Crippen LogP contribution in [0.4, 0.5) is 0 Å². The quantitative estimate of drug-likeness (QED) is 0.719. The van der Waals surface area contributed by atoms with Crippen LogP contribution in [-0.2, 0) is 0 Å². The number of aromatic amines is 1. The van der Waals surface area contributed by atoms with E-state index in [-0.39, 0.29) is 0 Å². The summed E-state index contributed by atoms with van der Waals surface area (Å²) in [5.41, 5.74) is 0. The summed E-state index contributed by atoms with van der Waals surface area (Å²) in [6.45, 7) is 0. The Bertz CT molecular complexity index is 173. The lowest BCUT2D eigenvalue weighted by Crippen LogP contribution is -1.82. The van der Waals surface area contributed by atoms with Crippen molar-refractivity contribution in [3.63, 3.8) is 0 Å². The molecule has 0 aromatic carbocycles. The lowest BCUT2D eigenvalue weighted by Gasteiger charge is -1.92. The van der Waals surface area contributed by atoms with E-state index < -0.39 is 0 Å². The number of halogens is 1. The summed E-state index contributed by atoms with van der Waals surface area (Å²) in [5.74, 6) is 0.839. The molecule has 1 rings (SSSR count). The highest BCUT2D eigenvalue weighted by Gasteiger charge is 1.95. The minimum Gasteiger partial charge on any atom is -0.482 e. The van der Waals surface area contributed by atoms with Gasteiger partial charge in [-0.1, -0.05) is 0 Å². The van der Waals surface area contributed by atoms with E-state index in [2.05, 4.69) is 27.6 Å². The maximum Gasteiger partial charge on any atom is 0.204 e. The third-order valence-electron chi connectivity index (χ3n) is 0.865. The summed E-state index contributed by atoms with van der Waals surface area (Å²) in [5, 5.41) is 0. The molecule has 0 aliphatic heterocycles. The lowest BCUT2D eigenvalue weighted by molar-refractivity contribution is 0.397. The summed E-state index contributed by atoms with van der Waals surface area (Å²) in [6, 6.07) is 1.96. The van der Waals surface area contributed by atoms with Crippen LogP contribution >= 0.6 is 22.6 Å². The number of H-pyrrole nitrogens is 1. The van der Waals surface area contributed by atoms with Gasteiger partial charge in [0.25, 0.3) is 0 Å². The molecule has 1 aromatic heterocycles. The number of nitrogens with one attached hydrogen (secondary N) is 1. The van der Waals surface area contributed by atoms with Gasteiger partial charge in [-0.2, -0.15) is 0 Å². The predicted octanol–water partition coefficient (Wildman–Crippen LogP) is 1.63. The standard InChI is InChI=1S/C5H6INO/c1-8-5-4(6)2-3-7-5/h2-3,7H,1H3. The molecule has 1 heterocycles. The molecule has 8 heavy (non-hydrogen) atoms. The van der Waals surface area contributed by atoms with E-state index in [0.717, 1.165) is 9.45 Å². The number of hydrogen-bond donors (Lipinski definition) is 1. The highest BCUT2D eigenvalue weighted by Crippen LogP contribution is 2.16. The minimum absolute atomic E-state index is 0.839. The second-order valence-corrected chi connectivity index (χ2v) is 2.52. The highest BCUT2D eigenvalue weighted by molar-refractivity contribution is 14.1. The first-order chi connectivity index (χ1) is 3.84. The fraction of sp³-hybridized carbons (Fsp3) is 0.200. The first-order valence-electron chi connectivity index (χ1n) is 2.21. The molecule has 1 N–H and O–H groups in total. The zero-order chi connectivity index (χ0) is 5.98. The van der Waals surface area contributed by atoms with Crippen LogP contribution in [0.25, 0.3) is 0 Å². The van der Waals surface area contributed by atoms with Gasteiger partial charge in [0.05, 0.1) is 10.7 Å². The monoisotopic (exact) mass is 223 g/mol. The Morgan fingerprint density at radius 1 is 1.75 bits per heavy atom. The smallest absolute Gasteiger partial charge is 0.204 e. The zero-order valence-electron chi connectivity index (χ0n) is 4.44. The van der Waals surface area contributed by atoms with E-state index in [0.29, 0.717) is 0 Å². The Hall–Kier alpha value is -0.190. The van der Waals surface area contributed by atoms with Crippen LogP contribution in [0.1, 0.15) is 0 Å². The Morgan fingerprint density at radius 3 is 2.75 bits per heavy atom. The van der Waals surface area contributed by atoms with E-state index in [1.165, 1.54) is 0 Å². The van der Waals surface area contributed by atoms with E-state index in [9.17, 15) is 0 Å². The average molecular weight is 223 g/mol. The molecule has 44 valence electrons. The second-order valence-electron chi connectivity index (χ2n) is 1.36. The number of aromatic nitrogens is 1. The predicted molar refractivity (Wildman–Crippen MR) is 40.1 cm³/mol. The van der Waals surface area contributed by atoms with Crippen molar-refractivity contribution in [1.29, 1.82) is 0 Å². The zero-order valence-corrected chi connectivity index (χ0v) is 6.60. The molecule has 0 aliphatic rings. The Labute approximate surface area is 61.4 Å². The van der Waals surface area contributed by atoms with Crippen molar-refractivity contribution in [3.8, 4) is 5.88 Å². The van der Waals surface area contributed by atoms with Crippen LogP contribution < -0.4 is 4.74 Å². The van der Waals surface area contributed by atoms with Gasteiger partial charge in [0.1, 0.15) is 0 Å².